The van der Waals surface area contributed by atoms with Gasteiger partial charge in [-0.25, -0.2) is 0 Å². The van der Waals surface area contributed by atoms with Crippen LogP contribution in [0.1, 0.15) is 31.4 Å². The Morgan fingerprint density at radius 2 is 1.81 bits per heavy atom. The van der Waals surface area contributed by atoms with Crippen LogP contribution in [0.5, 0.6) is 0 Å². The van der Waals surface area contributed by atoms with Gasteiger partial charge in [0.05, 0.1) is 6.10 Å². The van der Waals surface area contributed by atoms with E-state index in [0.717, 1.165) is 12.3 Å². The fraction of sp³-hybridized carbons (Fsp3) is 0.667. The Bertz CT molecular complexity index is 431. The van der Waals surface area contributed by atoms with Crippen LogP contribution in [0.2, 0.25) is 0 Å². The molecule has 2 N–H and O–H groups in total. The van der Waals surface area contributed by atoms with Gasteiger partial charge >= 0.3 is 0 Å². The number of fused-ring (bicyclic) bond motifs is 1. The zero-order chi connectivity index (χ0) is 15.5. The number of hydrogen-bond donors (Lipinski definition) is 2. The van der Waals surface area contributed by atoms with Crippen LogP contribution in [0.15, 0.2) is 24.3 Å². The van der Waals surface area contributed by atoms with Crippen molar-refractivity contribution in [2.45, 2.75) is 44.8 Å². The molecule has 0 fully saturated rings. The van der Waals surface area contributed by atoms with E-state index in [1.54, 1.807) is 0 Å². The van der Waals surface area contributed by atoms with Crippen molar-refractivity contribution in [2.24, 2.45) is 5.92 Å². The van der Waals surface area contributed by atoms with Gasteiger partial charge in [0.25, 0.3) is 0 Å². The SMILES string of the molecule is CN(C)CC(O)CNC(C)(C)CC1Cc2ccccc2C1. The lowest BCUT2D eigenvalue weighted by molar-refractivity contribution is 0.122. The first-order valence-electron chi connectivity index (χ1n) is 8.00. The second-order valence-corrected chi connectivity index (χ2v) is 7.43. The summed E-state index contributed by atoms with van der Waals surface area (Å²) in [4.78, 5) is 2.02. The molecule has 118 valence electrons. The highest BCUT2D eigenvalue weighted by Crippen LogP contribution is 2.31. The Morgan fingerprint density at radius 1 is 1.24 bits per heavy atom. The number of benzene rings is 1. The van der Waals surface area contributed by atoms with E-state index in [9.17, 15) is 5.11 Å². The molecule has 2 rings (SSSR count). The molecule has 0 saturated heterocycles. The molecular formula is C18H30N2O. The molecule has 1 aliphatic carbocycles. The third-order valence-electron chi connectivity index (χ3n) is 4.33. The van der Waals surface area contributed by atoms with E-state index in [0.29, 0.717) is 13.1 Å². The van der Waals surface area contributed by atoms with Crippen molar-refractivity contribution in [3.63, 3.8) is 0 Å². The molecule has 1 aromatic carbocycles. The zero-order valence-electron chi connectivity index (χ0n) is 13.9. The fourth-order valence-electron chi connectivity index (χ4n) is 3.47. The van der Waals surface area contributed by atoms with Gasteiger partial charge in [0, 0.05) is 18.6 Å². The average molecular weight is 290 g/mol. The van der Waals surface area contributed by atoms with Gasteiger partial charge in [-0.3, -0.25) is 0 Å². The number of nitrogens with zero attached hydrogens (tertiary/aromatic N) is 1. The number of aliphatic hydroxyl groups excluding tert-OH is 1. The van der Waals surface area contributed by atoms with E-state index in [-0.39, 0.29) is 11.6 Å². The summed E-state index contributed by atoms with van der Waals surface area (Å²) < 4.78 is 0. The number of likely N-dealkylation sites (N-methyl/N-ethyl adjacent to an activating group) is 1. The number of nitrogens with one attached hydrogen (secondary N) is 1. The topological polar surface area (TPSA) is 35.5 Å². The summed E-state index contributed by atoms with van der Waals surface area (Å²) in [5, 5.41) is 13.5. The molecule has 0 bridgehead atoms. The maximum atomic E-state index is 9.98. The largest absolute Gasteiger partial charge is 0.390 e. The second kappa shape index (κ2) is 6.91. The summed E-state index contributed by atoms with van der Waals surface area (Å²) >= 11 is 0. The molecule has 0 aromatic heterocycles. The van der Waals surface area contributed by atoms with Crippen LogP contribution in [0.4, 0.5) is 0 Å². The van der Waals surface area contributed by atoms with Crippen molar-refractivity contribution in [3.05, 3.63) is 35.4 Å². The van der Waals surface area contributed by atoms with Gasteiger partial charge in [0.2, 0.25) is 0 Å². The molecule has 3 heteroatoms. The number of β-amino-alcohol motifs (C(OH)–C–C–N with tert-alkyl or cyclic N) is 1. The van der Waals surface area contributed by atoms with Gasteiger partial charge in [-0.2, -0.15) is 0 Å². The van der Waals surface area contributed by atoms with Gasteiger partial charge in [-0.05, 0) is 64.3 Å². The number of hydrogen-bond acceptors (Lipinski definition) is 3. The summed E-state index contributed by atoms with van der Waals surface area (Å²) in [6.45, 7) is 5.86. The quantitative estimate of drug-likeness (QED) is 0.807. The molecule has 0 aliphatic heterocycles. The van der Waals surface area contributed by atoms with Crippen LogP contribution < -0.4 is 5.32 Å². The smallest absolute Gasteiger partial charge is 0.0791 e. The monoisotopic (exact) mass is 290 g/mol. The summed E-state index contributed by atoms with van der Waals surface area (Å²) in [5.74, 6) is 0.718. The highest BCUT2D eigenvalue weighted by molar-refractivity contribution is 5.32. The van der Waals surface area contributed by atoms with Crippen LogP contribution >= 0.6 is 0 Å². The lowest BCUT2D eigenvalue weighted by Crippen LogP contribution is -2.46. The first-order chi connectivity index (χ1) is 9.85. The molecule has 1 unspecified atom stereocenters. The molecule has 3 nitrogen and oxygen atoms in total. The van der Waals surface area contributed by atoms with Crippen molar-refractivity contribution < 1.29 is 5.11 Å². The first-order valence-corrected chi connectivity index (χ1v) is 8.00. The van der Waals surface area contributed by atoms with E-state index in [4.69, 9.17) is 0 Å². The highest BCUT2D eigenvalue weighted by atomic mass is 16.3. The molecule has 1 atom stereocenters. The second-order valence-electron chi connectivity index (χ2n) is 7.43. The first kappa shape index (κ1) is 16.5. The number of rotatable bonds is 7. The van der Waals surface area contributed by atoms with Crippen molar-refractivity contribution in [1.29, 1.82) is 0 Å². The van der Waals surface area contributed by atoms with Gasteiger partial charge in [0.1, 0.15) is 0 Å². The van der Waals surface area contributed by atoms with E-state index in [1.807, 2.05) is 19.0 Å². The Hall–Kier alpha value is -0.900. The van der Waals surface area contributed by atoms with Crippen LogP contribution in [0.3, 0.4) is 0 Å². The van der Waals surface area contributed by atoms with Crippen molar-refractivity contribution in [2.75, 3.05) is 27.2 Å². The minimum Gasteiger partial charge on any atom is -0.390 e. The third kappa shape index (κ3) is 5.10. The van der Waals surface area contributed by atoms with E-state index in [2.05, 4.69) is 43.4 Å². The van der Waals surface area contributed by atoms with Gasteiger partial charge < -0.3 is 15.3 Å². The Balaban J connectivity index is 1.80. The summed E-state index contributed by atoms with van der Waals surface area (Å²) in [6.07, 6.45) is 3.24. The van der Waals surface area contributed by atoms with Crippen LogP contribution in [-0.2, 0) is 12.8 Å². The lowest BCUT2D eigenvalue weighted by atomic mass is 9.88. The highest BCUT2D eigenvalue weighted by Gasteiger charge is 2.28. The van der Waals surface area contributed by atoms with Crippen LogP contribution in [0.25, 0.3) is 0 Å². The predicted octanol–water partition coefficient (Wildman–Crippen LogP) is 2.08. The molecule has 1 aromatic rings. The Kier molecular flexibility index (Phi) is 5.42. The molecule has 0 spiro atoms. The Labute approximate surface area is 129 Å². The van der Waals surface area contributed by atoms with Crippen LogP contribution in [-0.4, -0.2) is 48.8 Å². The Morgan fingerprint density at radius 3 is 2.33 bits per heavy atom. The summed E-state index contributed by atoms with van der Waals surface area (Å²) in [5.41, 5.74) is 3.11. The molecule has 0 amide bonds. The molecular weight excluding hydrogens is 260 g/mol. The maximum Gasteiger partial charge on any atom is 0.0791 e. The number of aliphatic hydroxyl groups is 1. The van der Waals surface area contributed by atoms with E-state index >= 15 is 0 Å². The molecule has 0 saturated carbocycles. The standard InChI is InChI=1S/C18H30N2O/c1-18(2,19-12-17(21)13-20(3)4)11-14-9-15-7-5-6-8-16(15)10-14/h5-8,14,17,19,21H,9-13H2,1-4H3. The molecule has 21 heavy (non-hydrogen) atoms. The third-order valence-corrected chi connectivity index (χ3v) is 4.33. The maximum absolute atomic E-state index is 9.98. The molecule has 0 heterocycles. The summed E-state index contributed by atoms with van der Waals surface area (Å²) in [6, 6.07) is 8.80. The summed E-state index contributed by atoms with van der Waals surface area (Å²) in [7, 11) is 3.98. The van der Waals surface area contributed by atoms with E-state index in [1.165, 1.54) is 24.0 Å². The van der Waals surface area contributed by atoms with Crippen molar-refractivity contribution in [3.8, 4) is 0 Å². The zero-order valence-corrected chi connectivity index (χ0v) is 13.9. The van der Waals surface area contributed by atoms with Gasteiger partial charge in [0.15, 0.2) is 0 Å². The van der Waals surface area contributed by atoms with E-state index < -0.39 is 0 Å². The van der Waals surface area contributed by atoms with Crippen LogP contribution in [0, 0.1) is 5.92 Å². The lowest BCUT2D eigenvalue weighted by Gasteiger charge is -2.31. The normalized spacial score (nSPS) is 17.2. The molecule has 0 radical (unpaired) electrons. The van der Waals surface area contributed by atoms with Crippen molar-refractivity contribution in [1.82, 2.24) is 10.2 Å². The minimum atomic E-state index is -0.306. The predicted molar refractivity (Wildman–Crippen MR) is 88.6 cm³/mol. The van der Waals surface area contributed by atoms with Crippen molar-refractivity contribution >= 4 is 0 Å². The van der Waals surface area contributed by atoms with Gasteiger partial charge in [-0.1, -0.05) is 24.3 Å². The fourth-order valence-corrected chi connectivity index (χ4v) is 3.47. The minimum absolute atomic E-state index is 0.0694. The molecule has 1 aliphatic rings. The average Bonchev–Trinajstić information content (AvgIpc) is 2.77. The van der Waals surface area contributed by atoms with Gasteiger partial charge in [-0.15, -0.1) is 0 Å².